The van der Waals surface area contributed by atoms with Crippen molar-refractivity contribution in [3.05, 3.63) is 0 Å². The molecule has 100 valence electrons. The lowest BCUT2D eigenvalue weighted by molar-refractivity contribution is 0.0485. The molecule has 2 heterocycles. The fourth-order valence-electron chi connectivity index (χ4n) is 3.01. The van der Waals surface area contributed by atoms with Gasteiger partial charge in [0.1, 0.15) is 0 Å². The molecule has 0 aromatic carbocycles. The molecule has 0 amide bonds. The minimum absolute atomic E-state index is 0.208. The number of rotatable bonds is 5. The Kier molecular flexibility index (Phi) is 4.79. The molecule has 2 aliphatic heterocycles. The van der Waals surface area contributed by atoms with Gasteiger partial charge in [-0.1, -0.05) is 0 Å². The van der Waals surface area contributed by atoms with Gasteiger partial charge in [0, 0.05) is 31.7 Å². The molecule has 4 nitrogen and oxygen atoms in total. The number of β-amino-alcohol motifs (C(OH)–C–C–N with tert-alkyl or cyclic N) is 1. The first kappa shape index (κ1) is 13.3. The van der Waals surface area contributed by atoms with Crippen LogP contribution in [-0.2, 0) is 4.74 Å². The highest BCUT2D eigenvalue weighted by atomic mass is 16.5. The summed E-state index contributed by atoms with van der Waals surface area (Å²) in [6, 6.07) is 0.627. The van der Waals surface area contributed by atoms with Gasteiger partial charge in [0.25, 0.3) is 0 Å². The Bertz CT molecular complexity index is 229. The smallest absolute Gasteiger partial charge is 0.0718 e. The fraction of sp³-hybridized carbons (Fsp3) is 1.00. The third kappa shape index (κ3) is 3.65. The average molecular weight is 242 g/mol. The van der Waals surface area contributed by atoms with Crippen LogP contribution in [-0.4, -0.2) is 74.0 Å². The van der Waals surface area contributed by atoms with Crippen molar-refractivity contribution in [3.8, 4) is 0 Å². The lowest BCUT2D eigenvalue weighted by Crippen LogP contribution is -2.43. The lowest BCUT2D eigenvalue weighted by atomic mass is 10.0. The standard InChI is InChI=1S/C13H26N2O2/c1-14(2)8-12-4-3-6-15(12)9-13(16)11-5-7-17-10-11/h11-13,16H,3-10H2,1-2H3. The average Bonchev–Trinajstić information content (AvgIpc) is 2.89. The maximum atomic E-state index is 10.2. The van der Waals surface area contributed by atoms with Crippen LogP contribution in [0.2, 0.25) is 0 Å². The van der Waals surface area contributed by atoms with E-state index in [0.717, 1.165) is 39.3 Å². The summed E-state index contributed by atoms with van der Waals surface area (Å²) in [6.45, 7) is 4.64. The third-order valence-corrected chi connectivity index (χ3v) is 4.01. The molecule has 4 heteroatoms. The Balaban J connectivity index is 1.80. The van der Waals surface area contributed by atoms with Crippen molar-refractivity contribution >= 4 is 0 Å². The molecule has 3 atom stereocenters. The van der Waals surface area contributed by atoms with Crippen LogP contribution in [0.25, 0.3) is 0 Å². The van der Waals surface area contributed by atoms with Crippen molar-refractivity contribution < 1.29 is 9.84 Å². The maximum absolute atomic E-state index is 10.2. The van der Waals surface area contributed by atoms with E-state index >= 15 is 0 Å². The van der Waals surface area contributed by atoms with Gasteiger partial charge in [-0.2, -0.15) is 0 Å². The molecular formula is C13H26N2O2. The number of likely N-dealkylation sites (N-methyl/N-ethyl adjacent to an activating group) is 1. The van der Waals surface area contributed by atoms with E-state index in [-0.39, 0.29) is 6.10 Å². The molecule has 2 rings (SSSR count). The normalized spacial score (nSPS) is 32.5. The van der Waals surface area contributed by atoms with Gasteiger partial charge in [-0.15, -0.1) is 0 Å². The SMILES string of the molecule is CN(C)CC1CCCN1CC(O)C1CCOC1. The molecule has 0 aliphatic carbocycles. The van der Waals surface area contributed by atoms with Gasteiger partial charge in [0.15, 0.2) is 0 Å². The first-order valence-electron chi connectivity index (χ1n) is 6.81. The van der Waals surface area contributed by atoms with Crippen LogP contribution in [0.4, 0.5) is 0 Å². The van der Waals surface area contributed by atoms with Crippen molar-refractivity contribution in [1.29, 1.82) is 0 Å². The van der Waals surface area contributed by atoms with Crippen LogP contribution in [0.1, 0.15) is 19.3 Å². The second-order valence-electron chi connectivity index (χ2n) is 5.74. The summed E-state index contributed by atoms with van der Waals surface area (Å²) in [6.07, 6.45) is 3.35. The number of nitrogens with zero attached hydrogens (tertiary/aromatic N) is 2. The summed E-state index contributed by atoms with van der Waals surface area (Å²) in [5, 5.41) is 10.2. The molecule has 0 bridgehead atoms. The highest BCUT2D eigenvalue weighted by Gasteiger charge is 2.30. The van der Waals surface area contributed by atoms with Gasteiger partial charge in [0.05, 0.1) is 12.7 Å². The summed E-state index contributed by atoms with van der Waals surface area (Å²) in [4.78, 5) is 4.71. The maximum Gasteiger partial charge on any atom is 0.0718 e. The Morgan fingerprint density at radius 3 is 2.88 bits per heavy atom. The van der Waals surface area contributed by atoms with Crippen molar-refractivity contribution in [3.63, 3.8) is 0 Å². The summed E-state index contributed by atoms with van der Waals surface area (Å²) in [7, 11) is 4.25. The molecule has 0 aromatic rings. The summed E-state index contributed by atoms with van der Waals surface area (Å²) >= 11 is 0. The first-order chi connectivity index (χ1) is 8.16. The molecule has 2 aliphatic rings. The van der Waals surface area contributed by atoms with Gasteiger partial charge in [-0.3, -0.25) is 4.90 Å². The predicted molar refractivity (Wildman–Crippen MR) is 68.1 cm³/mol. The van der Waals surface area contributed by atoms with E-state index in [0.29, 0.717) is 12.0 Å². The molecule has 3 unspecified atom stereocenters. The molecule has 0 aromatic heterocycles. The van der Waals surface area contributed by atoms with Crippen LogP contribution in [0.5, 0.6) is 0 Å². The van der Waals surface area contributed by atoms with E-state index in [9.17, 15) is 5.11 Å². The van der Waals surface area contributed by atoms with E-state index < -0.39 is 0 Å². The number of hydrogen-bond donors (Lipinski definition) is 1. The second kappa shape index (κ2) is 6.14. The van der Waals surface area contributed by atoms with Gasteiger partial charge in [0.2, 0.25) is 0 Å². The highest BCUT2D eigenvalue weighted by Crippen LogP contribution is 2.22. The van der Waals surface area contributed by atoms with Crippen LogP contribution in [0.15, 0.2) is 0 Å². The minimum atomic E-state index is -0.208. The number of hydrogen-bond acceptors (Lipinski definition) is 4. The zero-order valence-electron chi connectivity index (χ0n) is 11.1. The van der Waals surface area contributed by atoms with Crippen molar-refractivity contribution in [2.75, 3.05) is 46.9 Å². The quantitative estimate of drug-likeness (QED) is 0.757. The first-order valence-corrected chi connectivity index (χ1v) is 6.81. The summed E-state index contributed by atoms with van der Waals surface area (Å²) < 4.78 is 5.35. The molecule has 2 fully saturated rings. The predicted octanol–water partition coefficient (Wildman–Crippen LogP) is 0.410. The molecule has 0 radical (unpaired) electrons. The van der Waals surface area contributed by atoms with Crippen molar-refractivity contribution in [1.82, 2.24) is 9.80 Å². The number of aliphatic hydroxyl groups excluding tert-OH is 1. The van der Waals surface area contributed by atoms with E-state index in [1.54, 1.807) is 0 Å². The Labute approximate surface area is 105 Å². The number of likely N-dealkylation sites (tertiary alicyclic amines) is 1. The Morgan fingerprint density at radius 1 is 1.41 bits per heavy atom. The Hall–Kier alpha value is -0.160. The third-order valence-electron chi connectivity index (χ3n) is 4.01. The van der Waals surface area contributed by atoms with Crippen molar-refractivity contribution in [2.24, 2.45) is 5.92 Å². The van der Waals surface area contributed by atoms with E-state index in [1.807, 2.05) is 0 Å². The van der Waals surface area contributed by atoms with Crippen LogP contribution in [0.3, 0.4) is 0 Å². The van der Waals surface area contributed by atoms with Gasteiger partial charge < -0.3 is 14.7 Å². The highest BCUT2D eigenvalue weighted by molar-refractivity contribution is 4.84. The zero-order chi connectivity index (χ0) is 12.3. The number of aliphatic hydroxyl groups is 1. The molecule has 17 heavy (non-hydrogen) atoms. The van der Waals surface area contributed by atoms with Crippen LogP contribution < -0.4 is 0 Å². The van der Waals surface area contributed by atoms with E-state index in [4.69, 9.17) is 4.74 Å². The fourth-order valence-corrected chi connectivity index (χ4v) is 3.01. The summed E-state index contributed by atoms with van der Waals surface area (Å²) in [5.74, 6) is 0.357. The van der Waals surface area contributed by atoms with Gasteiger partial charge >= 0.3 is 0 Å². The topological polar surface area (TPSA) is 35.9 Å². The lowest BCUT2D eigenvalue weighted by Gasteiger charge is -2.30. The van der Waals surface area contributed by atoms with Gasteiger partial charge in [-0.25, -0.2) is 0 Å². The molecule has 0 saturated carbocycles. The van der Waals surface area contributed by atoms with Crippen LogP contribution in [0, 0.1) is 5.92 Å². The second-order valence-corrected chi connectivity index (χ2v) is 5.74. The molecule has 2 saturated heterocycles. The molecule has 0 spiro atoms. The van der Waals surface area contributed by atoms with E-state index in [1.165, 1.54) is 12.8 Å². The van der Waals surface area contributed by atoms with Crippen LogP contribution >= 0.6 is 0 Å². The summed E-state index contributed by atoms with van der Waals surface area (Å²) in [5.41, 5.74) is 0. The largest absolute Gasteiger partial charge is 0.391 e. The van der Waals surface area contributed by atoms with E-state index in [2.05, 4.69) is 23.9 Å². The monoisotopic (exact) mass is 242 g/mol. The van der Waals surface area contributed by atoms with Crippen molar-refractivity contribution in [2.45, 2.75) is 31.4 Å². The Morgan fingerprint density at radius 2 is 2.24 bits per heavy atom. The zero-order valence-corrected chi connectivity index (χ0v) is 11.1. The molecule has 1 N–H and O–H groups in total. The molecular weight excluding hydrogens is 216 g/mol. The minimum Gasteiger partial charge on any atom is -0.391 e. The number of ether oxygens (including phenoxy) is 1. The van der Waals surface area contributed by atoms with Gasteiger partial charge in [-0.05, 0) is 39.9 Å².